The molecule has 2 N–H and O–H groups in total. The van der Waals surface area contributed by atoms with Gasteiger partial charge >= 0.3 is 0 Å². The van der Waals surface area contributed by atoms with Gasteiger partial charge in [-0.25, -0.2) is 18.1 Å². The van der Waals surface area contributed by atoms with Crippen LogP contribution in [0.15, 0.2) is 53.4 Å². The minimum absolute atomic E-state index is 0.167. The van der Waals surface area contributed by atoms with Crippen molar-refractivity contribution >= 4 is 32.5 Å². The largest absolute Gasteiger partial charge is 0.504 e. The number of aromatic nitrogens is 1. The molecule has 0 aliphatic carbocycles. The van der Waals surface area contributed by atoms with Crippen LogP contribution in [0.2, 0.25) is 5.02 Å². The van der Waals surface area contributed by atoms with Crippen LogP contribution in [0.1, 0.15) is 24.2 Å². The van der Waals surface area contributed by atoms with Gasteiger partial charge in [0.2, 0.25) is 10.0 Å². The van der Waals surface area contributed by atoms with Crippen molar-refractivity contribution in [2.24, 2.45) is 0 Å². The third kappa shape index (κ3) is 3.46. The van der Waals surface area contributed by atoms with Gasteiger partial charge in [-0.15, -0.1) is 0 Å². The Labute approximate surface area is 151 Å². The lowest BCUT2D eigenvalue weighted by molar-refractivity contribution is 0.462. The quantitative estimate of drug-likeness (QED) is 0.722. The zero-order chi connectivity index (χ0) is 18.2. The SMILES string of the molecule is Cc1ccc2c(Cl)cc(S(=O)(=O)N[C@H](C)c3ccccc3)c(O)c2n1. The average Bonchev–Trinajstić information content (AvgIpc) is 2.58. The van der Waals surface area contributed by atoms with Crippen LogP contribution in [0.25, 0.3) is 10.9 Å². The van der Waals surface area contributed by atoms with Crippen molar-refractivity contribution in [3.8, 4) is 5.75 Å². The van der Waals surface area contributed by atoms with Gasteiger partial charge in [-0.3, -0.25) is 0 Å². The third-order valence-corrected chi connectivity index (χ3v) is 5.80. The number of nitrogens with one attached hydrogen (secondary N) is 1. The summed E-state index contributed by atoms with van der Waals surface area (Å²) in [6, 6.07) is 13.4. The summed E-state index contributed by atoms with van der Waals surface area (Å²) in [5.74, 6) is -0.407. The first-order chi connectivity index (χ1) is 11.8. The van der Waals surface area contributed by atoms with Gasteiger partial charge in [-0.1, -0.05) is 41.9 Å². The van der Waals surface area contributed by atoms with E-state index in [1.165, 1.54) is 6.07 Å². The van der Waals surface area contributed by atoms with Crippen LogP contribution in [0.5, 0.6) is 5.75 Å². The minimum Gasteiger partial charge on any atom is -0.504 e. The van der Waals surface area contributed by atoms with E-state index in [1.807, 2.05) is 30.3 Å². The number of hydrogen-bond donors (Lipinski definition) is 2. The molecule has 3 aromatic rings. The number of fused-ring (bicyclic) bond motifs is 1. The normalized spacial score (nSPS) is 13.1. The van der Waals surface area contributed by atoms with Gasteiger partial charge in [0.15, 0.2) is 5.75 Å². The third-order valence-electron chi connectivity index (χ3n) is 3.93. The van der Waals surface area contributed by atoms with Crippen LogP contribution in [0, 0.1) is 6.92 Å². The summed E-state index contributed by atoms with van der Waals surface area (Å²) in [7, 11) is -3.99. The lowest BCUT2D eigenvalue weighted by Crippen LogP contribution is -2.27. The van der Waals surface area contributed by atoms with E-state index in [0.29, 0.717) is 11.1 Å². The van der Waals surface area contributed by atoms with Crippen molar-refractivity contribution in [1.82, 2.24) is 9.71 Å². The molecule has 3 rings (SSSR count). The number of hydrogen-bond acceptors (Lipinski definition) is 4. The maximum absolute atomic E-state index is 12.8. The fourth-order valence-corrected chi connectivity index (χ4v) is 4.30. The number of halogens is 1. The molecule has 0 aliphatic rings. The summed E-state index contributed by atoms with van der Waals surface area (Å²) in [5, 5.41) is 11.2. The number of aryl methyl sites for hydroxylation is 1. The second-order valence-electron chi connectivity index (χ2n) is 5.81. The van der Waals surface area contributed by atoms with Crippen LogP contribution < -0.4 is 4.72 Å². The summed E-state index contributed by atoms with van der Waals surface area (Å²) in [4.78, 5) is 3.93. The van der Waals surface area contributed by atoms with Crippen LogP contribution >= 0.6 is 11.6 Å². The Morgan fingerprint density at radius 2 is 1.84 bits per heavy atom. The molecular formula is C18H17ClN2O3S. The first-order valence-electron chi connectivity index (χ1n) is 7.65. The lowest BCUT2D eigenvalue weighted by Gasteiger charge is -2.16. The van der Waals surface area contributed by atoms with Crippen molar-refractivity contribution in [2.45, 2.75) is 24.8 Å². The van der Waals surface area contributed by atoms with E-state index in [4.69, 9.17) is 11.6 Å². The average molecular weight is 377 g/mol. The molecule has 1 heterocycles. The molecule has 0 aliphatic heterocycles. The Hall–Kier alpha value is -2.15. The number of sulfonamides is 1. The highest BCUT2D eigenvalue weighted by atomic mass is 35.5. The predicted octanol–water partition coefficient (Wildman–Crippen LogP) is 3.94. The van der Waals surface area contributed by atoms with Crippen LogP contribution in [-0.4, -0.2) is 18.5 Å². The highest BCUT2D eigenvalue weighted by molar-refractivity contribution is 7.89. The van der Waals surface area contributed by atoms with Crippen LogP contribution in [0.3, 0.4) is 0 Å². The molecule has 0 spiro atoms. The summed E-state index contributed by atoms with van der Waals surface area (Å²) >= 11 is 6.20. The van der Waals surface area contributed by atoms with Gasteiger partial charge in [0.1, 0.15) is 10.4 Å². The molecule has 0 radical (unpaired) electrons. The van der Waals surface area contributed by atoms with E-state index < -0.39 is 21.8 Å². The summed E-state index contributed by atoms with van der Waals surface area (Å²) in [6.07, 6.45) is 0. The number of pyridine rings is 1. The van der Waals surface area contributed by atoms with Crippen LogP contribution in [0.4, 0.5) is 0 Å². The molecule has 25 heavy (non-hydrogen) atoms. The Morgan fingerprint density at radius 3 is 2.52 bits per heavy atom. The molecular weight excluding hydrogens is 360 g/mol. The molecule has 0 amide bonds. The van der Waals surface area contributed by atoms with Gasteiger partial charge in [0, 0.05) is 17.1 Å². The summed E-state index contributed by atoms with van der Waals surface area (Å²) < 4.78 is 28.1. The fourth-order valence-electron chi connectivity index (χ4n) is 2.62. The van der Waals surface area contributed by atoms with Gasteiger partial charge < -0.3 is 5.11 Å². The van der Waals surface area contributed by atoms with Gasteiger partial charge in [-0.05, 0) is 37.6 Å². The summed E-state index contributed by atoms with van der Waals surface area (Å²) in [5.41, 5.74) is 1.63. The smallest absolute Gasteiger partial charge is 0.244 e. The molecule has 7 heteroatoms. The number of rotatable bonds is 4. The standard InChI is InChI=1S/C18H17ClN2O3S/c1-11-8-9-14-15(19)10-16(18(22)17(14)20-11)25(23,24)21-12(2)13-6-4-3-5-7-13/h3-10,12,21-22H,1-2H3/t12-/m1/s1. The van der Waals surface area contributed by atoms with Crippen molar-refractivity contribution in [3.63, 3.8) is 0 Å². The first-order valence-corrected chi connectivity index (χ1v) is 9.52. The van der Waals surface area contributed by atoms with Crippen LogP contribution in [-0.2, 0) is 10.0 Å². The number of phenols is 1. The van der Waals surface area contributed by atoms with Gasteiger partial charge in [0.25, 0.3) is 0 Å². The zero-order valence-corrected chi connectivity index (χ0v) is 15.3. The van der Waals surface area contributed by atoms with Gasteiger partial charge in [0.05, 0.1) is 5.02 Å². The molecule has 0 saturated heterocycles. The van der Waals surface area contributed by atoms with Crippen molar-refractivity contribution in [2.75, 3.05) is 0 Å². The first kappa shape index (κ1) is 17.7. The van der Waals surface area contributed by atoms with E-state index in [0.717, 1.165) is 5.56 Å². The molecule has 0 unspecified atom stereocenters. The molecule has 130 valence electrons. The zero-order valence-electron chi connectivity index (χ0n) is 13.7. The van der Waals surface area contributed by atoms with Crippen molar-refractivity contribution in [3.05, 3.63) is 64.8 Å². The molecule has 0 bridgehead atoms. The predicted molar refractivity (Wildman–Crippen MR) is 98.3 cm³/mol. The topological polar surface area (TPSA) is 79.3 Å². The fraction of sp³-hybridized carbons (Fsp3) is 0.167. The number of phenolic OH excluding ortho intramolecular Hbond substituents is 1. The Kier molecular flexibility index (Phi) is 4.69. The van der Waals surface area contributed by atoms with E-state index in [-0.39, 0.29) is 15.4 Å². The molecule has 1 atom stereocenters. The monoisotopic (exact) mass is 376 g/mol. The summed E-state index contributed by atoms with van der Waals surface area (Å²) in [6.45, 7) is 3.48. The minimum atomic E-state index is -3.99. The van der Waals surface area contributed by atoms with Gasteiger partial charge in [-0.2, -0.15) is 0 Å². The number of aromatic hydroxyl groups is 1. The molecule has 0 saturated carbocycles. The second-order valence-corrected chi connectivity index (χ2v) is 7.90. The molecule has 5 nitrogen and oxygen atoms in total. The van der Waals surface area contributed by atoms with E-state index in [1.54, 1.807) is 26.0 Å². The highest BCUT2D eigenvalue weighted by Crippen LogP contribution is 2.36. The van der Waals surface area contributed by atoms with E-state index in [2.05, 4.69) is 9.71 Å². The maximum Gasteiger partial charge on any atom is 0.244 e. The lowest BCUT2D eigenvalue weighted by atomic mass is 10.1. The Balaban J connectivity index is 2.07. The van der Waals surface area contributed by atoms with E-state index in [9.17, 15) is 13.5 Å². The molecule has 1 aromatic heterocycles. The highest BCUT2D eigenvalue weighted by Gasteiger charge is 2.25. The Morgan fingerprint density at radius 1 is 1.16 bits per heavy atom. The van der Waals surface area contributed by atoms with Crippen molar-refractivity contribution < 1.29 is 13.5 Å². The number of benzene rings is 2. The maximum atomic E-state index is 12.8. The molecule has 0 fully saturated rings. The molecule has 2 aromatic carbocycles. The number of nitrogens with zero attached hydrogens (tertiary/aromatic N) is 1. The Bertz CT molecular complexity index is 1040. The van der Waals surface area contributed by atoms with E-state index >= 15 is 0 Å². The van der Waals surface area contributed by atoms with Crippen molar-refractivity contribution in [1.29, 1.82) is 0 Å². The second kappa shape index (κ2) is 6.63.